The number of hydrogen-bond donors (Lipinski definition) is 0. The van der Waals surface area contributed by atoms with Crippen molar-refractivity contribution < 1.29 is 111 Å². The van der Waals surface area contributed by atoms with Crippen molar-refractivity contribution in [2.45, 2.75) is 47.9 Å². The largest absolute Gasteiger partial charge is 0.460 e. The van der Waals surface area contributed by atoms with Crippen LogP contribution in [-0.2, 0) is 0 Å². The summed E-state index contributed by atoms with van der Waals surface area (Å²) in [4.78, 5) is 0. The molecule has 0 fully saturated rings. The van der Waals surface area contributed by atoms with E-state index >= 15 is 0 Å². The predicted octanol–water partition coefficient (Wildman–Crippen LogP) is 11.4. The van der Waals surface area contributed by atoms with E-state index in [1.165, 1.54) is 0 Å². The molecule has 0 aliphatic carbocycles. The Morgan fingerprint density at radius 2 is 0.612 bits per heavy atom. The Balaban J connectivity index is 2.51. The van der Waals surface area contributed by atoms with E-state index in [2.05, 4.69) is 9.47 Å². The first-order valence-electron chi connectivity index (χ1n) is 11.5. The highest BCUT2D eigenvalue weighted by Crippen LogP contribution is 2.57. The zero-order valence-corrected chi connectivity index (χ0v) is 22.2. The minimum atomic E-state index is -7.70. The zero-order chi connectivity index (χ0) is 38.4. The van der Waals surface area contributed by atoms with Crippen molar-refractivity contribution in [2.75, 3.05) is 0 Å². The Labute approximate surface area is 254 Å². The summed E-state index contributed by atoms with van der Waals surface area (Å²) >= 11 is 0. The number of benzene rings is 2. The maximum atomic E-state index is 14.1. The van der Waals surface area contributed by atoms with Gasteiger partial charge < -0.3 is 14.2 Å². The van der Waals surface area contributed by atoms with Crippen LogP contribution in [0.4, 0.5) is 96.6 Å². The van der Waals surface area contributed by atoms with E-state index in [4.69, 9.17) is 4.74 Å². The van der Waals surface area contributed by atoms with Crippen LogP contribution in [0.3, 0.4) is 0 Å². The monoisotopic (exact) mass is 762 g/mol. The molecule has 0 spiro atoms. The van der Waals surface area contributed by atoms with E-state index in [0.717, 1.165) is 12.1 Å². The fraction of sp³-hybridized carbons (Fsp3) is 0.333. The molecule has 25 heteroatoms. The van der Waals surface area contributed by atoms with Crippen molar-refractivity contribution in [1.82, 2.24) is 0 Å². The van der Waals surface area contributed by atoms with Crippen LogP contribution < -0.4 is 14.2 Å². The van der Waals surface area contributed by atoms with Crippen molar-refractivity contribution in [3.8, 4) is 23.0 Å². The average Bonchev–Trinajstić information content (AvgIpc) is 2.96. The second-order valence-electron chi connectivity index (χ2n) is 8.82. The smallest absolute Gasteiger partial charge is 0.450 e. The SMILES string of the molecule is FC(Oc1ccccc1Oc1ccccc1OC(F)=C(F)C(F)(F)C(F)(F)C(F)(F)C(F)(F)F)=C(F)C(F)(F)C(F)(F)C(F)(F)C(F)(F)F. The number of hydrogen-bond acceptors (Lipinski definition) is 3. The third-order valence-electron chi connectivity index (χ3n) is 5.50. The maximum Gasteiger partial charge on any atom is 0.460 e. The first kappa shape index (κ1) is 41.0. The molecule has 0 amide bonds. The minimum absolute atomic E-state index is 0.329. The van der Waals surface area contributed by atoms with Crippen LogP contribution in [0.1, 0.15) is 0 Å². The second kappa shape index (κ2) is 12.9. The molecule has 0 aliphatic heterocycles. The molecule has 0 aliphatic rings. The fourth-order valence-electron chi connectivity index (χ4n) is 2.91. The first-order chi connectivity index (χ1) is 21.8. The molecule has 0 heterocycles. The van der Waals surface area contributed by atoms with Gasteiger partial charge in [-0.25, -0.2) is 0 Å². The third-order valence-corrected chi connectivity index (χ3v) is 5.50. The van der Waals surface area contributed by atoms with Gasteiger partial charge in [0.2, 0.25) is 11.7 Å². The molecule has 0 bridgehead atoms. The highest BCUT2D eigenvalue weighted by Gasteiger charge is 2.84. The lowest BCUT2D eigenvalue weighted by molar-refractivity contribution is -0.392. The van der Waals surface area contributed by atoms with E-state index in [0.29, 0.717) is 36.4 Å². The van der Waals surface area contributed by atoms with Gasteiger partial charge >= 0.3 is 59.9 Å². The molecule has 0 saturated heterocycles. The van der Waals surface area contributed by atoms with Gasteiger partial charge in [0.15, 0.2) is 23.0 Å². The quantitative estimate of drug-likeness (QED) is 0.159. The van der Waals surface area contributed by atoms with Gasteiger partial charge in [0.1, 0.15) is 0 Å². The van der Waals surface area contributed by atoms with Gasteiger partial charge in [0, 0.05) is 0 Å². The molecule has 276 valence electrons. The number of halogens is 22. The summed E-state index contributed by atoms with van der Waals surface area (Å²) in [6, 6.07) is -2.62. The number of allylic oxidation sites excluding steroid dienone is 2. The summed E-state index contributed by atoms with van der Waals surface area (Å²) in [5.41, 5.74) is 0. The standard InChI is InChI=1S/C24H8F22O3/c25-13(17(29,30)19(33,34)21(37,38)23(41,42)43)15(27)48-11-7-3-1-5-9(11)47-10-6-2-4-8-12(10)49-16(28)14(26)18(31,32)20(35,36)22(39,40)24(44,45)46/h1-8H. The lowest BCUT2D eigenvalue weighted by Crippen LogP contribution is -2.61. The van der Waals surface area contributed by atoms with Gasteiger partial charge in [-0.2, -0.15) is 96.6 Å². The minimum Gasteiger partial charge on any atom is -0.450 e. The van der Waals surface area contributed by atoms with Crippen molar-refractivity contribution in [3.05, 3.63) is 72.2 Å². The Hall–Kier alpha value is -4.22. The fourth-order valence-corrected chi connectivity index (χ4v) is 2.91. The van der Waals surface area contributed by atoms with Crippen LogP contribution in [-0.4, -0.2) is 47.9 Å². The molecule has 0 atom stereocenters. The molecule has 49 heavy (non-hydrogen) atoms. The number of ether oxygens (including phenoxy) is 3. The van der Waals surface area contributed by atoms with Crippen LogP contribution in [0.5, 0.6) is 23.0 Å². The normalized spacial score (nSPS) is 15.4. The summed E-state index contributed by atoms with van der Waals surface area (Å²) in [7, 11) is 0. The van der Waals surface area contributed by atoms with Crippen molar-refractivity contribution in [3.63, 3.8) is 0 Å². The topological polar surface area (TPSA) is 27.7 Å². The zero-order valence-electron chi connectivity index (χ0n) is 22.2. The number of rotatable bonds is 12. The van der Waals surface area contributed by atoms with Crippen LogP contribution in [0.15, 0.2) is 72.2 Å². The van der Waals surface area contributed by atoms with Crippen molar-refractivity contribution in [1.29, 1.82) is 0 Å². The highest BCUT2D eigenvalue weighted by molar-refractivity contribution is 5.48. The van der Waals surface area contributed by atoms with Gasteiger partial charge in [-0.1, -0.05) is 24.3 Å². The van der Waals surface area contributed by atoms with E-state index in [-0.39, 0.29) is 0 Å². The molecule has 0 aromatic heterocycles. The van der Waals surface area contributed by atoms with Crippen LogP contribution in [0.2, 0.25) is 0 Å². The van der Waals surface area contributed by atoms with E-state index in [1.807, 2.05) is 0 Å². The molecule has 0 radical (unpaired) electrons. The maximum absolute atomic E-state index is 14.1. The molecule has 2 rings (SSSR count). The Kier molecular flexibility index (Phi) is 10.8. The summed E-state index contributed by atoms with van der Waals surface area (Å²) in [6.07, 6.45) is -14.9. The van der Waals surface area contributed by atoms with E-state index in [1.54, 1.807) is 0 Å². The number of alkyl halides is 18. The average molecular weight is 762 g/mol. The lowest BCUT2D eigenvalue weighted by Gasteiger charge is -2.32. The van der Waals surface area contributed by atoms with E-state index < -0.39 is 94.6 Å². The lowest BCUT2D eigenvalue weighted by atomic mass is 10.0. The third kappa shape index (κ3) is 7.10. The van der Waals surface area contributed by atoms with Crippen molar-refractivity contribution >= 4 is 0 Å². The van der Waals surface area contributed by atoms with Gasteiger partial charge in [0.05, 0.1) is 0 Å². The molecule has 3 nitrogen and oxygen atoms in total. The van der Waals surface area contributed by atoms with Crippen LogP contribution in [0, 0.1) is 0 Å². The van der Waals surface area contributed by atoms with Gasteiger partial charge in [-0.15, -0.1) is 0 Å². The van der Waals surface area contributed by atoms with Gasteiger partial charge in [0.25, 0.3) is 0 Å². The van der Waals surface area contributed by atoms with Crippen LogP contribution in [0.25, 0.3) is 0 Å². The molecule has 0 N–H and O–H groups in total. The summed E-state index contributed by atoms with van der Waals surface area (Å²) < 4.78 is 303. The van der Waals surface area contributed by atoms with Crippen LogP contribution >= 0.6 is 0 Å². The molecule has 2 aromatic carbocycles. The Bertz CT molecular complexity index is 1450. The first-order valence-corrected chi connectivity index (χ1v) is 11.5. The summed E-state index contributed by atoms with van der Waals surface area (Å²) in [6.45, 7) is 0. The number of para-hydroxylation sites is 4. The Morgan fingerprint density at radius 3 is 0.857 bits per heavy atom. The van der Waals surface area contributed by atoms with Gasteiger partial charge in [-0.05, 0) is 24.3 Å². The molecule has 0 saturated carbocycles. The highest BCUT2D eigenvalue weighted by atomic mass is 19.4. The molecule has 2 aromatic rings. The predicted molar refractivity (Wildman–Crippen MR) is 114 cm³/mol. The Morgan fingerprint density at radius 1 is 0.367 bits per heavy atom. The summed E-state index contributed by atoms with van der Waals surface area (Å²) in [5, 5.41) is 0. The second-order valence-corrected chi connectivity index (χ2v) is 8.82. The van der Waals surface area contributed by atoms with Crippen molar-refractivity contribution in [2.24, 2.45) is 0 Å². The summed E-state index contributed by atoms with van der Waals surface area (Å²) in [5.74, 6) is -59.5. The molecule has 0 unspecified atom stereocenters. The molecular weight excluding hydrogens is 754 g/mol. The van der Waals surface area contributed by atoms with Gasteiger partial charge in [-0.3, -0.25) is 0 Å². The molecular formula is C24H8F22O3. The van der Waals surface area contributed by atoms with E-state index in [9.17, 15) is 96.6 Å².